The van der Waals surface area contributed by atoms with Crippen LogP contribution in [-0.2, 0) is 0 Å². The van der Waals surface area contributed by atoms with Gasteiger partial charge in [0.15, 0.2) is 0 Å². The molecule has 2 rings (SSSR count). The first-order chi connectivity index (χ1) is 8.68. The smallest absolute Gasteiger partial charge is 0.0110 e. The Bertz CT molecular complexity index is 174. The van der Waals surface area contributed by atoms with Crippen molar-refractivity contribution in [2.45, 2.75) is 0 Å². The summed E-state index contributed by atoms with van der Waals surface area (Å²) < 4.78 is 0. The molecule has 2 aliphatic heterocycles. The molecule has 2 aliphatic rings. The van der Waals surface area contributed by atoms with Crippen molar-refractivity contribution in [1.82, 2.24) is 25.3 Å². The Kier molecular flexibility index (Phi) is 8.54. The van der Waals surface area contributed by atoms with Gasteiger partial charge < -0.3 is 20.4 Å². The predicted octanol–water partition coefficient (Wildman–Crippen LogP) is -1.03. The molecule has 0 aromatic rings. The Balaban J connectivity index is 0.000000225. The maximum Gasteiger partial charge on any atom is 0.0110 e. The summed E-state index contributed by atoms with van der Waals surface area (Å²) in [5, 5.41) is 6.44. The molecule has 2 saturated heterocycles. The zero-order valence-corrected chi connectivity index (χ0v) is 12.4. The summed E-state index contributed by atoms with van der Waals surface area (Å²) in [5.74, 6) is 0. The van der Waals surface area contributed by atoms with Crippen LogP contribution in [0.15, 0.2) is 0 Å². The average Bonchev–Trinajstić information content (AvgIpc) is 2.41. The van der Waals surface area contributed by atoms with E-state index >= 15 is 0 Å². The van der Waals surface area contributed by atoms with Gasteiger partial charge in [0.25, 0.3) is 0 Å². The summed E-state index contributed by atoms with van der Waals surface area (Å²) in [5.41, 5.74) is 0. The van der Waals surface area contributed by atoms with Crippen molar-refractivity contribution < 1.29 is 0 Å². The SMILES string of the molecule is C1CNCCN1.CN(C)CCN1CCN(C)CC1. The zero-order valence-electron chi connectivity index (χ0n) is 12.4. The molecule has 18 heavy (non-hydrogen) atoms. The molecular weight excluding hydrogens is 226 g/mol. The maximum atomic E-state index is 3.22. The summed E-state index contributed by atoms with van der Waals surface area (Å²) in [6, 6.07) is 0. The molecule has 108 valence electrons. The minimum atomic E-state index is 1.14. The predicted molar refractivity (Wildman–Crippen MR) is 78.2 cm³/mol. The standard InChI is InChI=1S/C9H21N3.C4H10N2/c1-10(2)4-7-12-8-5-11(3)6-9-12;1-2-6-4-3-5-1/h4-9H2,1-3H3;5-6H,1-4H2. The number of nitrogens with one attached hydrogen (secondary N) is 2. The van der Waals surface area contributed by atoms with Crippen molar-refractivity contribution in [1.29, 1.82) is 0 Å². The summed E-state index contributed by atoms with van der Waals surface area (Å²) >= 11 is 0. The Hall–Kier alpha value is -0.200. The molecule has 2 heterocycles. The van der Waals surface area contributed by atoms with E-state index in [1.165, 1.54) is 39.3 Å². The molecule has 5 heteroatoms. The molecule has 0 aromatic heterocycles. The van der Waals surface area contributed by atoms with Crippen molar-refractivity contribution >= 4 is 0 Å². The number of piperazine rings is 2. The molecule has 0 bridgehead atoms. The van der Waals surface area contributed by atoms with Crippen LogP contribution < -0.4 is 10.6 Å². The first-order valence-corrected chi connectivity index (χ1v) is 7.15. The fourth-order valence-corrected chi connectivity index (χ4v) is 2.02. The Morgan fingerprint density at radius 3 is 1.78 bits per heavy atom. The highest BCUT2D eigenvalue weighted by Gasteiger charge is 2.12. The lowest BCUT2D eigenvalue weighted by Gasteiger charge is -2.32. The summed E-state index contributed by atoms with van der Waals surface area (Å²) in [6.45, 7) is 11.9. The molecule has 0 unspecified atom stereocenters. The Labute approximate surface area is 112 Å². The van der Waals surface area contributed by atoms with Gasteiger partial charge in [-0.1, -0.05) is 0 Å². The fraction of sp³-hybridized carbons (Fsp3) is 1.00. The molecule has 2 N–H and O–H groups in total. The summed E-state index contributed by atoms with van der Waals surface area (Å²) in [7, 11) is 6.47. The van der Waals surface area contributed by atoms with Crippen LogP contribution in [0.5, 0.6) is 0 Å². The zero-order chi connectivity index (χ0) is 13.2. The van der Waals surface area contributed by atoms with Gasteiger partial charge >= 0.3 is 0 Å². The van der Waals surface area contributed by atoms with E-state index in [-0.39, 0.29) is 0 Å². The van der Waals surface area contributed by atoms with Crippen LogP contribution in [0.3, 0.4) is 0 Å². The lowest BCUT2D eigenvalue weighted by atomic mass is 10.3. The normalized spacial score (nSPS) is 22.7. The molecule has 0 aliphatic carbocycles. The number of hydrogen-bond donors (Lipinski definition) is 2. The van der Waals surface area contributed by atoms with E-state index in [1.54, 1.807) is 0 Å². The largest absolute Gasteiger partial charge is 0.314 e. The lowest BCUT2D eigenvalue weighted by molar-refractivity contribution is 0.145. The quantitative estimate of drug-likeness (QED) is 0.676. The van der Waals surface area contributed by atoms with Crippen LogP contribution >= 0.6 is 0 Å². The van der Waals surface area contributed by atoms with E-state index in [0.717, 1.165) is 26.2 Å². The third-order valence-corrected chi connectivity index (χ3v) is 3.42. The van der Waals surface area contributed by atoms with Crippen molar-refractivity contribution in [2.24, 2.45) is 0 Å². The third kappa shape index (κ3) is 8.00. The second kappa shape index (κ2) is 9.69. The van der Waals surface area contributed by atoms with Crippen LogP contribution in [0.25, 0.3) is 0 Å². The highest BCUT2D eigenvalue weighted by atomic mass is 15.3. The van der Waals surface area contributed by atoms with Gasteiger partial charge in [-0.2, -0.15) is 0 Å². The van der Waals surface area contributed by atoms with Gasteiger partial charge in [-0.05, 0) is 21.1 Å². The number of hydrogen-bond acceptors (Lipinski definition) is 5. The van der Waals surface area contributed by atoms with Crippen LogP contribution in [0.1, 0.15) is 0 Å². The fourth-order valence-electron chi connectivity index (χ4n) is 2.02. The van der Waals surface area contributed by atoms with E-state index in [2.05, 4.69) is 46.5 Å². The molecule has 0 atom stereocenters. The van der Waals surface area contributed by atoms with Crippen molar-refractivity contribution in [3.8, 4) is 0 Å². The second-order valence-corrected chi connectivity index (χ2v) is 5.45. The van der Waals surface area contributed by atoms with Gasteiger partial charge in [-0.25, -0.2) is 0 Å². The molecule has 0 spiro atoms. The topological polar surface area (TPSA) is 33.8 Å². The van der Waals surface area contributed by atoms with Crippen LogP contribution in [0.2, 0.25) is 0 Å². The molecular formula is C13H31N5. The molecule has 0 amide bonds. The Morgan fingerprint density at radius 2 is 1.39 bits per heavy atom. The number of nitrogens with zero attached hydrogens (tertiary/aromatic N) is 3. The number of rotatable bonds is 3. The first-order valence-electron chi connectivity index (χ1n) is 7.15. The lowest BCUT2D eigenvalue weighted by Crippen LogP contribution is -2.46. The van der Waals surface area contributed by atoms with Crippen molar-refractivity contribution in [3.63, 3.8) is 0 Å². The van der Waals surface area contributed by atoms with Crippen LogP contribution in [0, 0.1) is 0 Å². The molecule has 0 radical (unpaired) electrons. The van der Waals surface area contributed by atoms with Gasteiger partial charge in [0.1, 0.15) is 0 Å². The summed E-state index contributed by atoms with van der Waals surface area (Å²) in [4.78, 5) is 7.18. The molecule has 5 nitrogen and oxygen atoms in total. The van der Waals surface area contributed by atoms with Gasteiger partial charge in [0.05, 0.1) is 0 Å². The van der Waals surface area contributed by atoms with E-state index < -0.39 is 0 Å². The average molecular weight is 257 g/mol. The maximum absolute atomic E-state index is 3.22. The van der Waals surface area contributed by atoms with Crippen molar-refractivity contribution in [2.75, 3.05) is 86.6 Å². The minimum Gasteiger partial charge on any atom is -0.314 e. The highest BCUT2D eigenvalue weighted by molar-refractivity contribution is 4.69. The van der Waals surface area contributed by atoms with Gasteiger partial charge in [-0.15, -0.1) is 0 Å². The second-order valence-electron chi connectivity index (χ2n) is 5.45. The van der Waals surface area contributed by atoms with E-state index in [1.807, 2.05) is 0 Å². The third-order valence-electron chi connectivity index (χ3n) is 3.42. The van der Waals surface area contributed by atoms with E-state index in [0.29, 0.717) is 0 Å². The summed E-state index contributed by atoms with van der Waals surface area (Å²) in [6.07, 6.45) is 0. The van der Waals surface area contributed by atoms with Gasteiger partial charge in [0, 0.05) is 65.4 Å². The van der Waals surface area contributed by atoms with Crippen LogP contribution in [0.4, 0.5) is 0 Å². The van der Waals surface area contributed by atoms with Gasteiger partial charge in [0.2, 0.25) is 0 Å². The van der Waals surface area contributed by atoms with Crippen molar-refractivity contribution in [3.05, 3.63) is 0 Å². The van der Waals surface area contributed by atoms with E-state index in [9.17, 15) is 0 Å². The molecule has 0 saturated carbocycles. The van der Waals surface area contributed by atoms with Gasteiger partial charge in [-0.3, -0.25) is 4.90 Å². The minimum absolute atomic E-state index is 1.14. The monoisotopic (exact) mass is 257 g/mol. The van der Waals surface area contributed by atoms with E-state index in [4.69, 9.17) is 0 Å². The van der Waals surface area contributed by atoms with Crippen LogP contribution in [-0.4, -0.2) is 101 Å². The Morgan fingerprint density at radius 1 is 0.889 bits per heavy atom. The molecule has 2 fully saturated rings. The highest BCUT2D eigenvalue weighted by Crippen LogP contribution is 1.98. The molecule has 0 aromatic carbocycles. The number of likely N-dealkylation sites (N-methyl/N-ethyl adjacent to an activating group) is 2. The first kappa shape index (κ1) is 15.9.